The van der Waals surface area contributed by atoms with Crippen molar-refractivity contribution in [3.8, 4) is 6.07 Å². The van der Waals surface area contributed by atoms with Gasteiger partial charge in [0.15, 0.2) is 0 Å². The molecule has 0 fully saturated rings. The Morgan fingerprint density at radius 3 is 3.00 bits per heavy atom. The molecule has 0 saturated carbocycles. The van der Waals surface area contributed by atoms with Gasteiger partial charge in [-0.2, -0.15) is 10.4 Å². The predicted molar refractivity (Wildman–Crippen MR) is 75.8 cm³/mol. The first kappa shape index (κ1) is 13.7. The van der Waals surface area contributed by atoms with Crippen LogP contribution in [0.4, 0.5) is 0 Å². The van der Waals surface area contributed by atoms with E-state index in [4.69, 9.17) is 5.26 Å². The average Bonchev–Trinajstić information content (AvgIpc) is 2.80. The summed E-state index contributed by atoms with van der Waals surface area (Å²) in [4.78, 5) is 6.63. The summed E-state index contributed by atoms with van der Waals surface area (Å²) in [6, 6.07) is 7.65. The Morgan fingerprint density at radius 1 is 1.29 bits per heavy atom. The summed E-state index contributed by atoms with van der Waals surface area (Å²) in [5.41, 5.74) is 3.39. The zero-order valence-electron chi connectivity index (χ0n) is 11.7. The van der Waals surface area contributed by atoms with Crippen molar-refractivity contribution in [3.05, 3.63) is 47.0 Å². The van der Waals surface area contributed by atoms with Gasteiger partial charge in [0.05, 0.1) is 35.3 Å². The minimum Gasteiger partial charge on any atom is -0.390 e. The minimum absolute atomic E-state index is 0.0221. The van der Waals surface area contributed by atoms with E-state index in [1.165, 1.54) is 0 Å². The average molecular weight is 283 g/mol. The largest absolute Gasteiger partial charge is 0.390 e. The molecule has 0 unspecified atom stereocenters. The lowest BCUT2D eigenvalue weighted by Crippen LogP contribution is -2.23. The third kappa shape index (κ3) is 3.10. The lowest BCUT2D eigenvalue weighted by Gasteiger charge is -2.18. The second kappa shape index (κ2) is 6.04. The smallest absolute Gasteiger partial charge is 0.0992 e. The van der Waals surface area contributed by atoms with Crippen LogP contribution in [0.15, 0.2) is 24.4 Å². The molecule has 1 aliphatic rings. The first-order valence-electron chi connectivity index (χ1n) is 7.02. The van der Waals surface area contributed by atoms with Gasteiger partial charge in [0, 0.05) is 32.4 Å². The number of aryl methyl sites for hydroxylation is 1. The second-order valence-electron chi connectivity index (χ2n) is 5.22. The van der Waals surface area contributed by atoms with Crippen molar-refractivity contribution in [3.63, 3.8) is 0 Å². The maximum atomic E-state index is 9.19. The van der Waals surface area contributed by atoms with E-state index in [0.29, 0.717) is 5.56 Å². The highest BCUT2D eigenvalue weighted by Crippen LogP contribution is 2.16. The van der Waals surface area contributed by atoms with Crippen molar-refractivity contribution in [2.75, 3.05) is 6.54 Å². The van der Waals surface area contributed by atoms with Gasteiger partial charge < -0.3 is 5.11 Å². The number of aromatic nitrogens is 3. The first-order chi connectivity index (χ1) is 10.3. The van der Waals surface area contributed by atoms with E-state index in [1.807, 2.05) is 16.8 Å². The molecule has 21 heavy (non-hydrogen) atoms. The van der Waals surface area contributed by atoms with Gasteiger partial charge in [0.2, 0.25) is 0 Å². The first-order valence-corrected chi connectivity index (χ1v) is 7.02. The van der Waals surface area contributed by atoms with Crippen molar-refractivity contribution < 1.29 is 5.11 Å². The number of aliphatic hydroxyl groups is 1. The lowest BCUT2D eigenvalue weighted by molar-refractivity contribution is 0.257. The molecular weight excluding hydrogens is 266 g/mol. The Kier molecular flexibility index (Phi) is 3.95. The normalized spacial score (nSPS) is 15.2. The van der Waals surface area contributed by atoms with E-state index >= 15 is 0 Å². The number of hydrogen-bond donors (Lipinski definition) is 1. The maximum absolute atomic E-state index is 9.19. The van der Waals surface area contributed by atoms with E-state index in [-0.39, 0.29) is 6.61 Å². The molecule has 0 radical (unpaired) electrons. The molecule has 1 N–H and O–H groups in total. The molecule has 108 valence electrons. The standard InChI is InChI=1S/C15H17N5O/c16-8-12-2-3-17-13(6-12)9-19-4-1-5-20-15(10-19)7-14(11-21)18-20/h2-3,6-7,21H,1,4-5,9-11H2. The summed E-state index contributed by atoms with van der Waals surface area (Å²) in [6.45, 7) is 3.32. The summed E-state index contributed by atoms with van der Waals surface area (Å²) in [5, 5.41) is 22.5. The van der Waals surface area contributed by atoms with Crippen LogP contribution in [0.1, 0.15) is 29.1 Å². The van der Waals surface area contributed by atoms with Crippen LogP contribution in [0.5, 0.6) is 0 Å². The molecule has 0 spiro atoms. The number of nitrogens with zero attached hydrogens (tertiary/aromatic N) is 5. The highest BCUT2D eigenvalue weighted by molar-refractivity contribution is 5.28. The minimum atomic E-state index is -0.0221. The number of aliphatic hydroxyl groups excluding tert-OH is 1. The van der Waals surface area contributed by atoms with Gasteiger partial charge >= 0.3 is 0 Å². The van der Waals surface area contributed by atoms with Gasteiger partial charge in [-0.25, -0.2) is 0 Å². The van der Waals surface area contributed by atoms with Gasteiger partial charge in [-0.3, -0.25) is 14.6 Å². The van der Waals surface area contributed by atoms with E-state index in [1.54, 1.807) is 12.3 Å². The summed E-state index contributed by atoms with van der Waals surface area (Å²) < 4.78 is 1.98. The predicted octanol–water partition coefficient (Wildman–Crippen LogP) is 1.05. The number of nitriles is 1. The molecule has 1 aliphatic heterocycles. The van der Waals surface area contributed by atoms with Crippen molar-refractivity contribution >= 4 is 0 Å². The number of fused-ring (bicyclic) bond motifs is 1. The Labute approximate surface area is 123 Å². The van der Waals surface area contributed by atoms with Gasteiger partial charge in [0.25, 0.3) is 0 Å². The van der Waals surface area contributed by atoms with Crippen LogP contribution in [-0.2, 0) is 26.2 Å². The number of hydrogen-bond acceptors (Lipinski definition) is 5. The van der Waals surface area contributed by atoms with Crippen LogP contribution in [0.2, 0.25) is 0 Å². The molecule has 0 aromatic carbocycles. The Morgan fingerprint density at radius 2 is 2.19 bits per heavy atom. The van der Waals surface area contributed by atoms with E-state index in [0.717, 1.165) is 49.7 Å². The molecule has 0 bridgehead atoms. The van der Waals surface area contributed by atoms with Crippen molar-refractivity contribution in [1.29, 1.82) is 5.26 Å². The third-order valence-corrected chi connectivity index (χ3v) is 3.64. The maximum Gasteiger partial charge on any atom is 0.0992 e. The third-order valence-electron chi connectivity index (χ3n) is 3.64. The highest BCUT2D eigenvalue weighted by Gasteiger charge is 2.17. The molecule has 3 rings (SSSR count). The van der Waals surface area contributed by atoms with Crippen LogP contribution < -0.4 is 0 Å². The second-order valence-corrected chi connectivity index (χ2v) is 5.22. The van der Waals surface area contributed by atoms with E-state index in [9.17, 15) is 5.11 Å². The molecule has 0 aliphatic carbocycles. The summed E-state index contributed by atoms with van der Waals surface area (Å²) in [5.74, 6) is 0. The summed E-state index contributed by atoms with van der Waals surface area (Å²) in [7, 11) is 0. The molecule has 0 saturated heterocycles. The molecular formula is C15H17N5O. The number of pyridine rings is 1. The summed E-state index contributed by atoms with van der Waals surface area (Å²) in [6.07, 6.45) is 2.69. The molecule has 0 amide bonds. The molecule has 0 atom stereocenters. The molecule has 2 aromatic rings. The number of rotatable bonds is 3. The highest BCUT2D eigenvalue weighted by atomic mass is 16.3. The summed E-state index contributed by atoms with van der Waals surface area (Å²) >= 11 is 0. The fourth-order valence-electron chi connectivity index (χ4n) is 2.66. The topological polar surface area (TPSA) is 78.0 Å². The quantitative estimate of drug-likeness (QED) is 0.911. The zero-order valence-corrected chi connectivity index (χ0v) is 11.7. The van der Waals surface area contributed by atoms with Crippen LogP contribution >= 0.6 is 0 Å². The van der Waals surface area contributed by atoms with Crippen LogP contribution in [0.3, 0.4) is 0 Å². The van der Waals surface area contributed by atoms with E-state index in [2.05, 4.69) is 21.1 Å². The van der Waals surface area contributed by atoms with Gasteiger partial charge in [-0.05, 0) is 24.6 Å². The molecule has 2 aromatic heterocycles. The van der Waals surface area contributed by atoms with E-state index < -0.39 is 0 Å². The van der Waals surface area contributed by atoms with Crippen molar-refractivity contribution in [2.24, 2.45) is 0 Å². The van der Waals surface area contributed by atoms with Crippen LogP contribution in [-0.4, -0.2) is 31.3 Å². The monoisotopic (exact) mass is 283 g/mol. The van der Waals surface area contributed by atoms with Crippen LogP contribution in [0.25, 0.3) is 0 Å². The molecule has 6 heteroatoms. The lowest BCUT2D eigenvalue weighted by atomic mass is 10.2. The van der Waals surface area contributed by atoms with Crippen molar-refractivity contribution in [2.45, 2.75) is 32.7 Å². The van der Waals surface area contributed by atoms with Gasteiger partial charge in [-0.15, -0.1) is 0 Å². The van der Waals surface area contributed by atoms with Gasteiger partial charge in [0.1, 0.15) is 0 Å². The SMILES string of the molecule is N#Cc1ccnc(CN2CCCn3nc(CO)cc3C2)c1. The molecule has 3 heterocycles. The Hall–Kier alpha value is -2.23. The van der Waals surface area contributed by atoms with Crippen molar-refractivity contribution in [1.82, 2.24) is 19.7 Å². The fraction of sp³-hybridized carbons (Fsp3) is 0.400. The Balaban J connectivity index is 1.75. The zero-order chi connectivity index (χ0) is 14.7. The van der Waals surface area contributed by atoms with Gasteiger partial charge in [-0.1, -0.05) is 0 Å². The Bertz CT molecular complexity index is 673. The van der Waals surface area contributed by atoms with Crippen LogP contribution in [0, 0.1) is 11.3 Å². The molecule has 6 nitrogen and oxygen atoms in total. The fourth-order valence-corrected chi connectivity index (χ4v) is 2.66.